The summed E-state index contributed by atoms with van der Waals surface area (Å²) in [7, 11) is 0. The molecule has 1 atom stereocenters. The van der Waals surface area contributed by atoms with E-state index in [0.717, 1.165) is 30.9 Å². The lowest BCUT2D eigenvalue weighted by Gasteiger charge is -2.30. The molecule has 2 aromatic carbocycles. The maximum atomic E-state index is 12.8. The number of carbonyl (C=O) groups is 1. The Balaban J connectivity index is 1.49. The Labute approximate surface area is 147 Å². The van der Waals surface area contributed by atoms with Gasteiger partial charge in [0, 0.05) is 18.0 Å². The fraction of sp³-hybridized carbons (Fsp3) is 0.350. The highest BCUT2D eigenvalue weighted by atomic mass is 32.2. The third-order valence-corrected chi connectivity index (χ3v) is 6.12. The van der Waals surface area contributed by atoms with E-state index in [0.29, 0.717) is 0 Å². The number of carbonyl (C=O) groups excluding carboxylic acids is 1. The number of thioether (sulfide) groups is 1. The van der Waals surface area contributed by atoms with Gasteiger partial charge in [-0.15, -0.1) is 11.8 Å². The van der Waals surface area contributed by atoms with Crippen molar-refractivity contribution in [1.29, 1.82) is 0 Å². The van der Waals surface area contributed by atoms with Gasteiger partial charge in [0.05, 0.1) is 16.6 Å². The molecule has 0 aromatic heterocycles. The molecule has 0 aliphatic carbocycles. The van der Waals surface area contributed by atoms with Crippen molar-refractivity contribution in [2.75, 3.05) is 23.3 Å². The molecule has 2 aliphatic rings. The fourth-order valence-corrected chi connectivity index (χ4v) is 4.73. The average molecular weight is 338 g/mol. The molecule has 1 fully saturated rings. The van der Waals surface area contributed by atoms with Gasteiger partial charge < -0.3 is 10.2 Å². The Hall–Kier alpha value is -1.94. The van der Waals surface area contributed by atoms with Gasteiger partial charge >= 0.3 is 0 Å². The predicted octanol–water partition coefficient (Wildman–Crippen LogP) is 4.33. The number of fused-ring (bicyclic) bond motifs is 1. The van der Waals surface area contributed by atoms with Crippen LogP contribution < -0.4 is 10.2 Å². The maximum Gasteiger partial charge on any atom is 0.238 e. The van der Waals surface area contributed by atoms with Gasteiger partial charge in [-0.1, -0.05) is 30.3 Å². The van der Waals surface area contributed by atoms with Gasteiger partial charge in [-0.3, -0.25) is 4.79 Å². The average Bonchev–Trinajstić information content (AvgIpc) is 3.07. The summed E-state index contributed by atoms with van der Waals surface area (Å²) < 4.78 is 0. The minimum atomic E-state index is -0.0307. The van der Waals surface area contributed by atoms with Gasteiger partial charge in [-0.2, -0.15) is 0 Å². The van der Waals surface area contributed by atoms with Crippen molar-refractivity contribution in [3.05, 3.63) is 54.1 Å². The Kier molecular flexibility index (Phi) is 4.48. The number of benzene rings is 2. The Morgan fingerprint density at radius 3 is 2.58 bits per heavy atom. The number of amides is 1. The molecular formula is C20H22N2OS. The molecule has 0 bridgehead atoms. The van der Waals surface area contributed by atoms with Crippen LogP contribution in [-0.4, -0.2) is 24.2 Å². The summed E-state index contributed by atoms with van der Waals surface area (Å²) >= 11 is 1.68. The van der Waals surface area contributed by atoms with Crippen molar-refractivity contribution in [2.24, 2.45) is 0 Å². The van der Waals surface area contributed by atoms with E-state index in [9.17, 15) is 4.79 Å². The van der Waals surface area contributed by atoms with Crippen molar-refractivity contribution in [3.8, 4) is 0 Å². The minimum Gasteiger partial charge on any atom is -0.370 e. The number of nitrogens with zero attached hydrogens (tertiary/aromatic N) is 1. The van der Waals surface area contributed by atoms with Crippen LogP contribution in [0.2, 0.25) is 0 Å². The van der Waals surface area contributed by atoms with E-state index in [4.69, 9.17) is 0 Å². The van der Waals surface area contributed by atoms with E-state index in [1.807, 2.05) is 24.3 Å². The highest BCUT2D eigenvalue weighted by molar-refractivity contribution is 8.01. The van der Waals surface area contributed by atoms with Gasteiger partial charge in [0.1, 0.15) is 0 Å². The van der Waals surface area contributed by atoms with E-state index < -0.39 is 0 Å². The van der Waals surface area contributed by atoms with Crippen LogP contribution in [0, 0.1) is 0 Å². The number of rotatable bonds is 3. The molecule has 124 valence electrons. The summed E-state index contributed by atoms with van der Waals surface area (Å²) in [6.45, 7) is 2.16. The Bertz CT molecular complexity index is 715. The number of hydrogen-bond acceptors (Lipinski definition) is 3. The molecule has 1 amide bonds. The second-order valence-corrected chi connectivity index (χ2v) is 7.72. The van der Waals surface area contributed by atoms with Crippen LogP contribution in [0.5, 0.6) is 0 Å². The van der Waals surface area contributed by atoms with Crippen LogP contribution in [-0.2, 0) is 11.2 Å². The highest BCUT2D eigenvalue weighted by Gasteiger charge is 2.28. The van der Waals surface area contributed by atoms with Gasteiger partial charge in [0.25, 0.3) is 0 Å². The summed E-state index contributed by atoms with van der Waals surface area (Å²) in [4.78, 5) is 16.4. The lowest BCUT2D eigenvalue weighted by Crippen LogP contribution is -2.31. The largest absolute Gasteiger partial charge is 0.370 e. The second-order valence-electron chi connectivity index (χ2n) is 6.47. The van der Waals surface area contributed by atoms with Crippen LogP contribution in [0.15, 0.2) is 53.4 Å². The molecule has 1 unspecified atom stereocenters. The molecule has 4 heteroatoms. The number of nitrogens with one attached hydrogen (secondary N) is 1. The van der Waals surface area contributed by atoms with Gasteiger partial charge in [0.15, 0.2) is 0 Å². The Morgan fingerprint density at radius 1 is 1.00 bits per heavy atom. The first-order valence-electron chi connectivity index (χ1n) is 8.71. The Morgan fingerprint density at radius 2 is 1.75 bits per heavy atom. The molecule has 0 spiro atoms. The summed E-state index contributed by atoms with van der Waals surface area (Å²) in [6, 6.07) is 16.5. The predicted molar refractivity (Wildman–Crippen MR) is 101 cm³/mol. The van der Waals surface area contributed by atoms with E-state index >= 15 is 0 Å². The normalized spacial score (nSPS) is 19.8. The zero-order chi connectivity index (χ0) is 16.4. The lowest BCUT2D eigenvalue weighted by molar-refractivity contribution is -0.115. The van der Waals surface area contributed by atoms with Crippen LogP contribution in [0.25, 0.3) is 0 Å². The van der Waals surface area contributed by atoms with Crippen molar-refractivity contribution in [2.45, 2.75) is 35.8 Å². The van der Waals surface area contributed by atoms with Crippen molar-refractivity contribution >= 4 is 29.0 Å². The molecule has 2 heterocycles. The number of hydrogen-bond donors (Lipinski definition) is 1. The smallest absolute Gasteiger partial charge is 0.238 e. The monoisotopic (exact) mass is 338 g/mol. The minimum absolute atomic E-state index is 0.0307. The van der Waals surface area contributed by atoms with E-state index in [2.05, 4.69) is 34.5 Å². The molecule has 1 saturated heterocycles. The first-order valence-corrected chi connectivity index (χ1v) is 9.58. The van der Waals surface area contributed by atoms with Gasteiger partial charge in [0.2, 0.25) is 5.91 Å². The molecule has 0 saturated carbocycles. The molecule has 1 N–H and O–H groups in total. The molecular weight excluding hydrogens is 316 g/mol. The zero-order valence-electron chi connectivity index (χ0n) is 13.7. The van der Waals surface area contributed by atoms with E-state index in [-0.39, 0.29) is 11.2 Å². The van der Waals surface area contributed by atoms with Gasteiger partial charge in [-0.05, 0) is 49.4 Å². The third kappa shape index (κ3) is 3.16. The lowest BCUT2D eigenvalue weighted by atomic mass is 10.1. The zero-order valence-corrected chi connectivity index (χ0v) is 14.5. The van der Waals surface area contributed by atoms with E-state index in [1.165, 1.54) is 29.7 Å². The molecule has 24 heavy (non-hydrogen) atoms. The first kappa shape index (κ1) is 15.6. The van der Waals surface area contributed by atoms with Crippen molar-refractivity contribution in [3.63, 3.8) is 0 Å². The first-order chi connectivity index (χ1) is 11.8. The molecule has 0 radical (unpaired) electrons. The third-order valence-electron chi connectivity index (χ3n) is 4.80. The number of para-hydroxylation sites is 2. The summed E-state index contributed by atoms with van der Waals surface area (Å²) in [5, 5.41) is 3.15. The van der Waals surface area contributed by atoms with Crippen LogP contribution in [0.1, 0.15) is 24.8 Å². The van der Waals surface area contributed by atoms with Crippen LogP contribution in [0.4, 0.5) is 11.4 Å². The highest BCUT2D eigenvalue weighted by Crippen LogP contribution is 2.38. The van der Waals surface area contributed by atoms with Crippen LogP contribution >= 0.6 is 11.8 Å². The van der Waals surface area contributed by atoms with Crippen molar-refractivity contribution in [1.82, 2.24) is 0 Å². The molecule has 2 aromatic rings. The number of piperidine rings is 1. The van der Waals surface area contributed by atoms with Gasteiger partial charge in [-0.25, -0.2) is 0 Å². The maximum absolute atomic E-state index is 12.8. The second kappa shape index (κ2) is 6.89. The molecule has 4 rings (SSSR count). The standard InChI is InChI=1S/C20H22N2OS/c23-20(19-14-15-8-2-5-11-18(15)24-19)21-16-9-3-4-10-17(16)22-12-6-1-7-13-22/h2-5,8-11,19H,1,6-7,12-14H2,(H,21,23). The number of anilines is 2. The van der Waals surface area contributed by atoms with Crippen molar-refractivity contribution < 1.29 is 4.79 Å². The quantitative estimate of drug-likeness (QED) is 0.904. The summed E-state index contributed by atoms with van der Waals surface area (Å²) in [5.74, 6) is 0.112. The molecule has 3 nitrogen and oxygen atoms in total. The molecule has 2 aliphatic heterocycles. The SMILES string of the molecule is O=C(Nc1ccccc1N1CCCCC1)C1Cc2ccccc2S1. The fourth-order valence-electron chi connectivity index (χ4n) is 3.53. The van der Waals surface area contributed by atoms with Crippen LogP contribution in [0.3, 0.4) is 0 Å². The van der Waals surface area contributed by atoms with E-state index in [1.54, 1.807) is 11.8 Å². The summed E-state index contributed by atoms with van der Waals surface area (Å²) in [5.41, 5.74) is 3.39. The topological polar surface area (TPSA) is 32.3 Å². The summed E-state index contributed by atoms with van der Waals surface area (Å²) in [6.07, 6.45) is 4.59.